The van der Waals surface area contributed by atoms with Crippen LogP contribution in [0.25, 0.3) is 0 Å². The maximum atomic E-state index is 5.61. The lowest BCUT2D eigenvalue weighted by atomic mass is 10.2. The molecule has 0 saturated carbocycles. The van der Waals surface area contributed by atoms with E-state index in [2.05, 4.69) is 22.8 Å². The summed E-state index contributed by atoms with van der Waals surface area (Å²) in [6.45, 7) is 0.743. The van der Waals surface area contributed by atoms with Gasteiger partial charge in [-0.05, 0) is 19.4 Å². The van der Waals surface area contributed by atoms with Gasteiger partial charge in [0.25, 0.3) is 0 Å². The predicted molar refractivity (Wildman–Crippen MR) is 61.3 cm³/mol. The smallest absolute Gasteiger partial charge is 0.206 e. The van der Waals surface area contributed by atoms with Gasteiger partial charge in [-0.3, -0.25) is 0 Å². The molecule has 0 spiro atoms. The highest BCUT2D eigenvalue weighted by Gasteiger charge is 2.04. The van der Waals surface area contributed by atoms with Gasteiger partial charge < -0.3 is 11.6 Å². The molecule has 0 aromatic carbocycles. The van der Waals surface area contributed by atoms with Crippen LogP contribution in [0.2, 0.25) is 0 Å². The fourth-order valence-corrected chi connectivity index (χ4v) is 1.25. The summed E-state index contributed by atoms with van der Waals surface area (Å²) >= 11 is 4.03. The van der Waals surface area contributed by atoms with Gasteiger partial charge in [0.15, 0.2) is 5.82 Å². The zero-order valence-corrected chi connectivity index (χ0v) is 9.60. The Morgan fingerprint density at radius 2 is 1.93 bits per heavy atom. The highest BCUT2D eigenvalue weighted by molar-refractivity contribution is 7.80. The van der Waals surface area contributed by atoms with E-state index in [-0.39, 0.29) is 12.4 Å². The molecule has 82 valence electrons. The number of halogens is 1. The fourth-order valence-electron chi connectivity index (χ4n) is 1.09. The van der Waals surface area contributed by atoms with Crippen molar-refractivity contribution in [3.63, 3.8) is 0 Å². The molecule has 4 N–H and O–H groups in total. The van der Waals surface area contributed by atoms with E-state index in [1.807, 2.05) is 0 Å². The maximum absolute atomic E-state index is 5.61. The Labute approximate surface area is 95.0 Å². The number of hydrogen-bond acceptors (Lipinski definition) is 5. The molecule has 0 aliphatic rings. The van der Waals surface area contributed by atoms with Crippen LogP contribution in [-0.2, 0) is 6.42 Å². The van der Waals surface area contributed by atoms with Crippen LogP contribution in [0.1, 0.15) is 25.1 Å². The Morgan fingerprint density at radius 1 is 1.21 bits per heavy atom. The SMILES string of the molecule is Cl.NCCCCCc1nnc(S)n1N. The normalized spacial score (nSPS) is 9.86. The Kier molecular flexibility index (Phi) is 6.69. The zero-order chi connectivity index (χ0) is 9.68. The molecule has 14 heavy (non-hydrogen) atoms. The van der Waals surface area contributed by atoms with E-state index in [4.69, 9.17) is 11.6 Å². The molecule has 0 aliphatic carbocycles. The van der Waals surface area contributed by atoms with Gasteiger partial charge in [0.1, 0.15) is 0 Å². The van der Waals surface area contributed by atoms with Crippen LogP contribution >= 0.6 is 25.0 Å². The highest BCUT2D eigenvalue weighted by atomic mass is 35.5. The molecule has 0 amide bonds. The zero-order valence-electron chi connectivity index (χ0n) is 7.89. The summed E-state index contributed by atoms with van der Waals surface area (Å²) in [5.74, 6) is 6.39. The minimum atomic E-state index is 0. The summed E-state index contributed by atoms with van der Waals surface area (Å²) in [6, 6.07) is 0. The molecule has 0 atom stereocenters. The Bertz CT molecular complexity index is 265. The van der Waals surface area contributed by atoms with Crippen LogP contribution in [-0.4, -0.2) is 21.4 Å². The fraction of sp³-hybridized carbons (Fsp3) is 0.714. The first-order valence-electron chi connectivity index (χ1n) is 4.34. The van der Waals surface area contributed by atoms with Gasteiger partial charge in [0.05, 0.1) is 0 Å². The molecule has 1 aromatic rings. The van der Waals surface area contributed by atoms with Crippen LogP contribution in [0.3, 0.4) is 0 Å². The lowest BCUT2D eigenvalue weighted by Gasteiger charge is -2.00. The summed E-state index contributed by atoms with van der Waals surface area (Å²) < 4.78 is 1.41. The van der Waals surface area contributed by atoms with Crippen molar-refractivity contribution in [1.29, 1.82) is 0 Å². The van der Waals surface area contributed by atoms with E-state index >= 15 is 0 Å². The van der Waals surface area contributed by atoms with Crippen molar-refractivity contribution < 1.29 is 0 Å². The summed E-state index contributed by atoms with van der Waals surface area (Å²) in [6.07, 6.45) is 4.03. The number of aromatic nitrogens is 3. The van der Waals surface area contributed by atoms with E-state index in [9.17, 15) is 0 Å². The third-order valence-corrected chi connectivity index (χ3v) is 2.16. The molecular formula is C7H16ClN5S. The summed E-state index contributed by atoms with van der Waals surface area (Å²) in [7, 11) is 0. The molecule has 1 aromatic heterocycles. The van der Waals surface area contributed by atoms with Crippen molar-refractivity contribution in [3.8, 4) is 0 Å². The van der Waals surface area contributed by atoms with Crippen LogP contribution in [0.5, 0.6) is 0 Å². The van der Waals surface area contributed by atoms with Crippen LogP contribution in [0.15, 0.2) is 5.16 Å². The molecule has 1 heterocycles. The lowest BCUT2D eigenvalue weighted by Crippen LogP contribution is -2.13. The molecular weight excluding hydrogens is 222 g/mol. The number of nitrogens with two attached hydrogens (primary N) is 2. The number of hydrogen-bond donors (Lipinski definition) is 3. The van der Waals surface area contributed by atoms with E-state index in [0.29, 0.717) is 5.16 Å². The Balaban J connectivity index is 0.00000169. The van der Waals surface area contributed by atoms with E-state index in [1.54, 1.807) is 0 Å². The van der Waals surface area contributed by atoms with Gasteiger partial charge in [-0.25, -0.2) is 4.68 Å². The quantitative estimate of drug-likeness (QED) is 0.393. The van der Waals surface area contributed by atoms with Gasteiger partial charge in [-0.15, -0.1) is 35.2 Å². The summed E-state index contributed by atoms with van der Waals surface area (Å²) in [5, 5.41) is 8.09. The number of unbranched alkanes of at least 4 members (excludes halogenated alkanes) is 2. The van der Waals surface area contributed by atoms with Crippen molar-refractivity contribution >= 4 is 25.0 Å². The molecule has 7 heteroatoms. The minimum absolute atomic E-state index is 0. The van der Waals surface area contributed by atoms with E-state index in [0.717, 1.165) is 38.1 Å². The van der Waals surface area contributed by atoms with Gasteiger partial charge in [-0.1, -0.05) is 6.42 Å². The second-order valence-electron chi connectivity index (χ2n) is 2.89. The van der Waals surface area contributed by atoms with Gasteiger partial charge in [0.2, 0.25) is 5.16 Å². The van der Waals surface area contributed by atoms with Gasteiger partial charge >= 0.3 is 0 Å². The van der Waals surface area contributed by atoms with Crippen molar-refractivity contribution in [2.75, 3.05) is 12.4 Å². The van der Waals surface area contributed by atoms with E-state index < -0.39 is 0 Å². The minimum Gasteiger partial charge on any atom is -0.336 e. The molecule has 0 radical (unpaired) electrons. The van der Waals surface area contributed by atoms with Crippen molar-refractivity contribution in [2.24, 2.45) is 5.73 Å². The average molecular weight is 238 g/mol. The molecule has 0 unspecified atom stereocenters. The molecule has 0 saturated heterocycles. The molecule has 0 bridgehead atoms. The second-order valence-corrected chi connectivity index (χ2v) is 3.29. The monoisotopic (exact) mass is 237 g/mol. The number of nitrogens with zero attached hydrogens (tertiary/aromatic N) is 3. The third kappa shape index (κ3) is 3.73. The third-order valence-electron chi connectivity index (χ3n) is 1.85. The second kappa shape index (κ2) is 6.92. The number of nitrogen functional groups attached to an aromatic ring is 1. The van der Waals surface area contributed by atoms with Gasteiger partial charge in [0, 0.05) is 6.42 Å². The standard InChI is InChI=1S/C7H15N5S.ClH/c8-5-3-1-2-4-6-10-11-7(13)12(6)9;/h1-5,8-9H2,(H,11,13);1H. The van der Waals surface area contributed by atoms with Crippen LogP contribution in [0.4, 0.5) is 0 Å². The van der Waals surface area contributed by atoms with Crippen molar-refractivity contribution in [3.05, 3.63) is 5.82 Å². The van der Waals surface area contributed by atoms with Crippen LogP contribution in [0, 0.1) is 0 Å². The first kappa shape index (κ1) is 13.5. The van der Waals surface area contributed by atoms with Crippen LogP contribution < -0.4 is 11.6 Å². The topological polar surface area (TPSA) is 82.8 Å². The molecule has 0 fully saturated rings. The molecule has 5 nitrogen and oxygen atoms in total. The number of rotatable bonds is 5. The first-order valence-corrected chi connectivity index (χ1v) is 4.79. The summed E-state index contributed by atoms with van der Waals surface area (Å²) in [4.78, 5) is 0. The first-order chi connectivity index (χ1) is 6.25. The Morgan fingerprint density at radius 3 is 2.43 bits per heavy atom. The average Bonchev–Trinajstić information content (AvgIpc) is 2.43. The number of aryl methyl sites for hydroxylation is 1. The lowest BCUT2D eigenvalue weighted by molar-refractivity contribution is 0.653. The van der Waals surface area contributed by atoms with Gasteiger partial charge in [-0.2, -0.15) is 0 Å². The Hall–Kier alpha value is -0.460. The maximum Gasteiger partial charge on any atom is 0.206 e. The predicted octanol–water partition coefficient (Wildman–Crippen LogP) is 0.374. The van der Waals surface area contributed by atoms with E-state index in [1.165, 1.54) is 4.68 Å². The number of thiol groups is 1. The highest BCUT2D eigenvalue weighted by Crippen LogP contribution is 2.05. The van der Waals surface area contributed by atoms with Crippen molar-refractivity contribution in [1.82, 2.24) is 14.9 Å². The largest absolute Gasteiger partial charge is 0.336 e. The molecule has 1 rings (SSSR count). The molecule has 0 aliphatic heterocycles. The van der Waals surface area contributed by atoms with Crippen molar-refractivity contribution in [2.45, 2.75) is 30.8 Å². The summed E-state index contributed by atoms with van der Waals surface area (Å²) in [5.41, 5.74) is 5.37.